The topological polar surface area (TPSA) is 66.8 Å². The molecule has 0 aromatic heterocycles. The molecule has 0 aliphatic carbocycles. The van der Waals surface area contributed by atoms with E-state index < -0.39 is 17.4 Å². The number of carbonyl (C=O) groups excluding carboxylic acids is 2. The Morgan fingerprint density at radius 2 is 1.44 bits per heavy atom. The number of ether oxygens (including phenoxy) is 1. The maximum Gasteiger partial charge on any atom is 0.266 e. The SMILES string of the molecule is O=C1c2ccc(C(O)Cl)cc2C(=O)N1c1ccc(Oc2ccccc2)cc1. The highest BCUT2D eigenvalue weighted by Crippen LogP contribution is 2.32. The molecular weight excluding hydrogens is 366 g/mol. The number of rotatable bonds is 4. The van der Waals surface area contributed by atoms with Crippen LogP contribution in [-0.4, -0.2) is 16.9 Å². The lowest BCUT2D eigenvalue weighted by atomic mass is 10.1. The third-order valence-corrected chi connectivity index (χ3v) is 4.51. The van der Waals surface area contributed by atoms with Crippen molar-refractivity contribution in [3.05, 3.63) is 89.5 Å². The highest BCUT2D eigenvalue weighted by molar-refractivity contribution is 6.34. The molecule has 134 valence electrons. The normalized spacial score (nSPS) is 14.2. The number of aliphatic hydroxyl groups is 1. The van der Waals surface area contributed by atoms with Crippen LogP contribution < -0.4 is 9.64 Å². The summed E-state index contributed by atoms with van der Waals surface area (Å²) >= 11 is 5.66. The molecule has 3 aromatic rings. The molecule has 0 fully saturated rings. The zero-order valence-electron chi connectivity index (χ0n) is 14.0. The van der Waals surface area contributed by atoms with Gasteiger partial charge in [0.2, 0.25) is 0 Å². The van der Waals surface area contributed by atoms with Crippen molar-refractivity contribution in [1.29, 1.82) is 0 Å². The van der Waals surface area contributed by atoms with E-state index in [-0.39, 0.29) is 11.1 Å². The summed E-state index contributed by atoms with van der Waals surface area (Å²) in [6.45, 7) is 0. The summed E-state index contributed by atoms with van der Waals surface area (Å²) in [5, 5.41) is 9.48. The number of anilines is 1. The van der Waals surface area contributed by atoms with Gasteiger partial charge in [0.05, 0.1) is 16.8 Å². The molecule has 1 aliphatic rings. The summed E-state index contributed by atoms with van der Waals surface area (Å²) in [6, 6.07) is 20.5. The molecule has 4 rings (SSSR count). The predicted molar refractivity (Wildman–Crippen MR) is 101 cm³/mol. The largest absolute Gasteiger partial charge is 0.457 e. The van der Waals surface area contributed by atoms with Crippen LogP contribution >= 0.6 is 11.6 Å². The Balaban J connectivity index is 1.60. The van der Waals surface area contributed by atoms with Gasteiger partial charge in [0.25, 0.3) is 11.8 Å². The lowest BCUT2D eigenvalue weighted by Gasteiger charge is -2.14. The zero-order valence-corrected chi connectivity index (χ0v) is 14.8. The third kappa shape index (κ3) is 3.18. The number of hydrogen-bond donors (Lipinski definition) is 1. The summed E-state index contributed by atoms with van der Waals surface area (Å²) in [7, 11) is 0. The lowest BCUT2D eigenvalue weighted by Crippen LogP contribution is -2.29. The molecule has 27 heavy (non-hydrogen) atoms. The van der Waals surface area contributed by atoms with E-state index in [1.165, 1.54) is 18.2 Å². The van der Waals surface area contributed by atoms with Crippen LogP contribution in [0.3, 0.4) is 0 Å². The van der Waals surface area contributed by atoms with Gasteiger partial charge in [-0.15, -0.1) is 0 Å². The van der Waals surface area contributed by atoms with Crippen LogP contribution in [0.25, 0.3) is 0 Å². The van der Waals surface area contributed by atoms with Crippen LogP contribution in [-0.2, 0) is 0 Å². The first-order valence-corrected chi connectivity index (χ1v) is 8.66. The fourth-order valence-corrected chi connectivity index (χ4v) is 3.06. The van der Waals surface area contributed by atoms with Crippen molar-refractivity contribution in [2.45, 2.75) is 5.56 Å². The lowest BCUT2D eigenvalue weighted by molar-refractivity contribution is 0.0926. The first-order valence-electron chi connectivity index (χ1n) is 8.22. The highest BCUT2D eigenvalue weighted by Gasteiger charge is 2.37. The number of benzene rings is 3. The van der Waals surface area contributed by atoms with Crippen molar-refractivity contribution in [3.63, 3.8) is 0 Å². The number of amides is 2. The second kappa shape index (κ2) is 6.87. The predicted octanol–water partition coefficient (Wildman–Crippen LogP) is 4.51. The Morgan fingerprint density at radius 1 is 0.815 bits per heavy atom. The monoisotopic (exact) mass is 379 g/mol. The second-order valence-electron chi connectivity index (χ2n) is 6.00. The van der Waals surface area contributed by atoms with Crippen LogP contribution in [0.4, 0.5) is 5.69 Å². The molecule has 6 heteroatoms. The van der Waals surface area contributed by atoms with E-state index in [2.05, 4.69) is 0 Å². The first kappa shape index (κ1) is 17.3. The second-order valence-corrected chi connectivity index (χ2v) is 6.41. The van der Waals surface area contributed by atoms with Gasteiger partial charge < -0.3 is 9.84 Å². The number of aliphatic hydroxyl groups excluding tert-OH is 1. The van der Waals surface area contributed by atoms with E-state index in [1.54, 1.807) is 24.3 Å². The summed E-state index contributed by atoms with van der Waals surface area (Å²) < 4.78 is 5.72. The molecule has 2 amide bonds. The average molecular weight is 380 g/mol. The summed E-state index contributed by atoms with van der Waals surface area (Å²) in [6.07, 6.45) is 0. The Labute approximate surface area is 160 Å². The van der Waals surface area contributed by atoms with E-state index >= 15 is 0 Å². The quantitative estimate of drug-likeness (QED) is 0.535. The van der Waals surface area contributed by atoms with Crippen LogP contribution in [0.5, 0.6) is 11.5 Å². The number of halogens is 1. The van der Waals surface area contributed by atoms with Crippen molar-refractivity contribution in [2.24, 2.45) is 0 Å². The minimum Gasteiger partial charge on any atom is -0.457 e. The van der Waals surface area contributed by atoms with Crippen LogP contribution in [0.1, 0.15) is 31.8 Å². The van der Waals surface area contributed by atoms with Gasteiger partial charge in [-0.05, 0) is 54.1 Å². The molecule has 1 unspecified atom stereocenters. The van der Waals surface area contributed by atoms with Crippen molar-refractivity contribution in [2.75, 3.05) is 4.90 Å². The molecule has 0 saturated carbocycles. The summed E-state index contributed by atoms with van der Waals surface area (Å²) in [4.78, 5) is 26.4. The Bertz CT molecular complexity index is 1020. The molecule has 0 saturated heterocycles. The Morgan fingerprint density at radius 3 is 2.11 bits per heavy atom. The molecule has 0 bridgehead atoms. The molecule has 0 spiro atoms. The van der Waals surface area contributed by atoms with Gasteiger partial charge in [-0.1, -0.05) is 35.9 Å². The van der Waals surface area contributed by atoms with Crippen LogP contribution in [0.15, 0.2) is 72.8 Å². The maximum absolute atomic E-state index is 12.7. The van der Waals surface area contributed by atoms with Crippen molar-refractivity contribution >= 4 is 29.1 Å². The molecule has 5 nitrogen and oxygen atoms in total. The molecule has 1 N–H and O–H groups in total. The number of para-hydroxylation sites is 1. The third-order valence-electron chi connectivity index (χ3n) is 4.26. The molecule has 0 radical (unpaired) electrons. The van der Waals surface area contributed by atoms with E-state index in [9.17, 15) is 14.7 Å². The van der Waals surface area contributed by atoms with E-state index in [1.807, 2.05) is 30.3 Å². The highest BCUT2D eigenvalue weighted by atomic mass is 35.5. The van der Waals surface area contributed by atoms with Crippen LogP contribution in [0.2, 0.25) is 0 Å². The average Bonchev–Trinajstić information content (AvgIpc) is 2.93. The standard InChI is InChI=1S/C21H14ClNO4/c22-19(24)13-6-11-17-18(12-13)21(26)23(20(17)25)14-7-9-16(10-8-14)27-15-4-2-1-3-5-15/h1-12,19,24H. The molecule has 3 aromatic carbocycles. The van der Waals surface area contributed by atoms with Crippen molar-refractivity contribution in [3.8, 4) is 11.5 Å². The Kier molecular flexibility index (Phi) is 4.39. The fraction of sp³-hybridized carbons (Fsp3) is 0.0476. The Hall–Kier alpha value is -3.15. The van der Waals surface area contributed by atoms with Gasteiger partial charge in [0.15, 0.2) is 5.56 Å². The number of carbonyl (C=O) groups is 2. The van der Waals surface area contributed by atoms with Crippen LogP contribution in [0, 0.1) is 0 Å². The molecular formula is C21H14ClNO4. The molecule has 1 heterocycles. The van der Waals surface area contributed by atoms with Gasteiger partial charge in [0, 0.05) is 0 Å². The first-order chi connectivity index (χ1) is 13.0. The number of fused-ring (bicyclic) bond motifs is 1. The number of imide groups is 1. The number of nitrogens with zero attached hydrogens (tertiary/aromatic N) is 1. The zero-order chi connectivity index (χ0) is 19.0. The molecule has 1 atom stereocenters. The van der Waals surface area contributed by atoms with E-state index in [0.717, 1.165) is 4.90 Å². The smallest absolute Gasteiger partial charge is 0.266 e. The van der Waals surface area contributed by atoms with E-state index in [0.29, 0.717) is 22.7 Å². The van der Waals surface area contributed by atoms with Crippen molar-refractivity contribution in [1.82, 2.24) is 0 Å². The summed E-state index contributed by atoms with van der Waals surface area (Å²) in [5.74, 6) is 0.417. The van der Waals surface area contributed by atoms with Gasteiger partial charge >= 0.3 is 0 Å². The minimum atomic E-state index is -1.23. The molecule has 1 aliphatic heterocycles. The fourth-order valence-electron chi connectivity index (χ4n) is 2.93. The van der Waals surface area contributed by atoms with Gasteiger partial charge in [-0.2, -0.15) is 0 Å². The van der Waals surface area contributed by atoms with Gasteiger partial charge in [0.1, 0.15) is 11.5 Å². The summed E-state index contributed by atoms with van der Waals surface area (Å²) in [5.41, 5.74) is 0.0776. The van der Waals surface area contributed by atoms with Gasteiger partial charge in [-0.3, -0.25) is 9.59 Å². The van der Waals surface area contributed by atoms with Gasteiger partial charge in [-0.25, -0.2) is 4.90 Å². The minimum absolute atomic E-state index is 0.224. The van der Waals surface area contributed by atoms with Crippen molar-refractivity contribution < 1.29 is 19.4 Å². The maximum atomic E-state index is 12.7. The number of alkyl halides is 1. The van der Waals surface area contributed by atoms with E-state index in [4.69, 9.17) is 16.3 Å². The number of hydrogen-bond acceptors (Lipinski definition) is 4.